The fourth-order valence-corrected chi connectivity index (χ4v) is 3.86. The molecule has 4 rings (SSSR count). The molecular weight excluding hydrogens is 386 g/mol. The molecule has 1 aliphatic carbocycles. The number of nitrogens with one attached hydrogen (secondary N) is 1. The van der Waals surface area contributed by atoms with Crippen molar-refractivity contribution in [2.75, 3.05) is 18.9 Å². The molecule has 2 aromatic heterocycles. The first kappa shape index (κ1) is 20.0. The Kier molecular flexibility index (Phi) is 5.77. The summed E-state index contributed by atoms with van der Waals surface area (Å²) in [5.74, 6) is 0.711. The molecule has 3 aromatic rings. The number of ether oxygens (including phenoxy) is 1. The summed E-state index contributed by atoms with van der Waals surface area (Å²) in [5.41, 5.74) is 12.9. The van der Waals surface area contributed by atoms with Crippen LogP contribution in [0.4, 0.5) is 5.82 Å². The topological polar surface area (TPSA) is 154 Å². The number of aliphatic hydroxyl groups is 1. The van der Waals surface area contributed by atoms with Crippen LogP contribution in [0.5, 0.6) is 5.75 Å². The van der Waals surface area contributed by atoms with Gasteiger partial charge >= 0.3 is 0 Å². The summed E-state index contributed by atoms with van der Waals surface area (Å²) >= 11 is 0. The van der Waals surface area contributed by atoms with Crippen LogP contribution in [-0.4, -0.2) is 55.8 Å². The van der Waals surface area contributed by atoms with Gasteiger partial charge in [-0.3, -0.25) is 4.79 Å². The van der Waals surface area contributed by atoms with Crippen molar-refractivity contribution in [2.45, 2.75) is 37.5 Å². The highest BCUT2D eigenvalue weighted by molar-refractivity contribution is 5.94. The Balaban J connectivity index is 1.47. The van der Waals surface area contributed by atoms with Crippen LogP contribution in [0.15, 0.2) is 36.9 Å². The lowest BCUT2D eigenvalue weighted by molar-refractivity contribution is 0.0410. The number of nitrogens with zero attached hydrogens (tertiary/aromatic N) is 4. The van der Waals surface area contributed by atoms with E-state index in [0.717, 1.165) is 12.8 Å². The third-order valence-corrected chi connectivity index (χ3v) is 5.39. The van der Waals surface area contributed by atoms with Crippen LogP contribution < -0.4 is 21.5 Å². The van der Waals surface area contributed by atoms with Crippen LogP contribution >= 0.6 is 0 Å². The van der Waals surface area contributed by atoms with E-state index in [1.807, 2.05) is 4.57 Å². The van der Waals surface area contributed by atoms with Gasteiger partial charge in [-0.1, -0.05) is 0 Å². The molecule has 2 heterocycles. The van der Waals surface area contributed by atoms with Crippen LogP contribution in [0.25, 0.3) is 11.2 Å². The smallest absolute Gasteiger partial charge is 0.251 e. The van der Waals surface area contributed by atoms with E-state index >= 15 is 0 Å². The lowest BCUT2D eigenvalue weighted by Crippen LogP contribution is -2.49. The summed E-state index contributed by atoms with van der Waals surface area (Å²) < 4.78 is 7.25. The number of amides is 1. The number of carbonyl (C=O) groups is 1. The highest BCUT2D eigenvalue weighted by atomic mass is 16.5. The van der Waals surface area contributed by atoms with Gasteiger partial charge in [0.2, 0.25) is 0 Å². The van der Waals surface area contributed by atoms with E-state index in [2.05, 4.69) is 20.3 Å². The quantitative estimate of drug-likeness (QED) is 0.460. The Morgan fingerprint density at radius 2 is 2.03 bits per heavy atom. The molecule has 30 heavy (non-hydrogen) atoms. The summed E-state index contributed by atoms with van der Waals surface area (Å²) in [6.45, 7) is 0.842. The molecule has 1 aliphatic rings. The monoisotopic (exact) mass is 411 g/mol. The zero-order valence-electron chi connectivity index (χ0n) is 16.4. The third kappa shape index (κ3) is 3.91. The van der Waals surface area contributed by atoms with Crippen LogP contribution in [0.1, 0.15) is 35.7 Å². The van der Waals surface area contributed by atoms with Crippen molar-refractivity contribution in [2.24, 2.45) is 5.73 Å². The largest absolute Gasteiger partial charge is 0.492 e. The average molecular weight is 411 g/mol. The minimum atomic E-state index is -0.788. The number of nitrogens with two attached hydrogens (primary N) is 2. The minimum Gasteiger partial charge on any atom is -0.492 e. The summed E-state index contributed by atoms with van der Waals surface area (Å²) in [6.07, 6.45) is 4.49. The average Bonchev–Trinajstić information content (AvgIpc) is 3.19. The number of nitrogen functional groups attached to an aromatic ring is 1. The Morgan fingerprint density at radius 3 is 2.80 bits per heavy atom. The van der Waals surface area contributed by atoms with Gasteiger partial charge in [-0.25, -0.2) is 15.0 Å². The predicted octanol–water partition coefficient (Wildman–Crippen LogP) is 0.631. The first-order chi connectivity index (χ1) is 14.6. The van der Waals surface area contributed by atoms with E-state index in [-0.39, 0.29) is 18.0 Å². The van der Waals surface area contributed by atoms with Crippen LogP contribution in [0, 0.1) is 0 Å². The third-order valence-electron chi connectivity index (χ3n) is 5.39. The SMILES string of the molecule is NCCOc1ccc(C(=O)N[C@H]2CCC[C@H](n3cnc4c(N)ncnc43)[C@H]2O)cc1. The molecule has 0 aliphatic heterocycles. The number of anilines is 1. The van der Waals surface area contributed by atoms with Crippen molar-refractivity contribution in [1.29, 1.82) is 0 Å². The summed E-state index contributed by atoms with van der Waals surface area (Å²) in [4.78, 5) is 25.2. The van der Waals surface area contributed by atoms with Crippen molar-refractivity contribution in [3.8, 4) is 5.75 Å². The molecule has 6 N–H and O–H groups in total. The maximum absolute atomic E-state index is 12.7. The number of aromatic nitrogens is 4. The molecule has 1 amide bonds. The fraction of sp³-hybridized carbons (Fsp3) is 0.400. The minimum absolute atomic E-state index is 0.243. The number of rotatable bonds is 6. The molecular formula is C20H25N7O3. The molecule has 158 valence electrons. The highest BCUT2D eigenvalue weighted by Crippen LogP contribution is 2.32. The van der Waals surface area contributed by atoms with E-state index in [4.69, 9.17) is 16.2 Å². The molecule has 0 bridgehead atoms. The Morgan fingerprint density at radius 1 is 1.23 bits per heavy atom. The maximum Gasteiger partial charge on any atom is 0.251 e. The van der Waals surface area contributed by atoms with Gasteiger partial charge in [0.15, 0.2) is 11.5 Å². The maximum atomic E-state index is 12.7. The van der Waals surface area contributed by atoms with E-state index in [1.165, 1.54) is 6.33 Å². The number of benzene rings is 1. The Hall–Kier alpha value is -3.24. The lowest BCUT2D eigenvalue weighted by atomic mass is 9.87. The van der Waals surface area contributed by atoms with Crippen molar-refractivity contribution in [3.05, 3.63) is 42.5 Å². The summed E-state index contributed by atoms with van der Waals surface area (Å²) in [7, 11) is 0. The van der Waals surface area contributed by atoms with Gasteiger partial charge in [0.1, 0.15) is 24.2 Å². The zero-order valence-corrected chi connectivity index (χ0v) is 16.4. The molecule has 1 aromatic carbocycles. The zero-order chi connectivity index (χ0) is 21.1. The fourth-order valence-electron chi connectivity index (χ4n) is 3.86. The predicted molar refractivity (Wildman–Crippen MR) is 111 cm³/mol. The number of hydrogen-bond acceptors (Lipinski definition) is 8. The second-order valence-electron chi connectivity index (χ2n) is 7.31. The van der Waals surface area contributed by atoms with Crippen molar-refractivity contribution in [1.82, 2.24) is 24.8 Å². The molecule has 0 radical (unpaired) electrons. The van der Waals surface area contributed by atoms with E-state index in [9.17, 15) is 9.90 Å². The molecule has 1 fully saturated rings. The van der Waals surface area contributed by atoms with Gasteiger partial charge in [0.05, 0.1) is 24.5 Å². The number of fused-ring (bicyclic) bond motifs is 1. The Labute approximate surface area is 173 Å². The van der Waals surface area contributed by atoms with Crippen LogP contribution in [0.3, 0.4) is 0 Å². The number of aliphatic hydroxyl groups excluding tert-OH is 1. The van der Waals surface area contributed by atoms with Gasteiger partial charge in [-0.05, 0) is 43.5 Å². The molecule has 10 heteroatoms. The summed E-state index contributed by atoms with van der Waals surface area (Å²) in [5, 5.41) is 14.0. The number of imidazole rings is 1. The number of carbonyl (C=O) groups excluding carboxylic acids is 1. The highest BCUT2D eigenvalue weighted by Gasteiger charge is 2.35. The first-order valence-electron chi connectivity index (χ1n) is 9.93. The van der Waals surface area contributed by atoms with Crippen LogP contribution in [0.2, 0.25) is 0 Å². The van der Waals surface area contributed by atoms with E-state index in [1.54, 1.807) is 30.6 Å². The normalized spacial score (nSPS) is 21.5. The van der Waals surface area contributed by atoms with Crippen LogP contribution in [-0.2, 0) is 0 Å². The van der Waals surface area contributed by atoms with Crippen molar-refractivity contribution >= 4 is 22.9 Å². The first-order valence-corrected chi connectivity index (χ1v) is 9.93. The molecule has 0 spiro atoms. The second kappa shape index (κ2) is 8.64. The van der Waals surface area contributed by atoms with Gasteiger partial charge < -0.3 is 31.2 Å². The second-order valence-corrected chi connectivity index (χ2v) is 7.31. The molecule has 3 atom stereocenters. The molecule has 0 unspecified atom stereocenters. The van der Waals surface area contributed by atoms with Crippen molar-refractivity contribution < 1.29 is 14.6 Å². The summed E-state index contributed by atoms with van der Waals surface area (Å²) in [6, 6.07) is 6.18. The molecule has 0 saturated heterocycles. The van der Waals surface area contributed by atoms with E-state index < -0.39 is 6.10 Å². The van der Waals surface area contributed by atoms with Gasteiger partial charge in [-0.15, -0.1) is 0 Å². The molecule has 1 saturated carbocycles. The standard InChI is InChI=1S/C20H25N7O3/c21-8-9-30-13-6-4-12(5-7-13)20(29)26-14-2-1-3-15(17(14)28)27-11-25-16-18(22)23-10-24-19(16)27/h4-7,10-11,14-15,17,28H,1-3,8-9,21H2,(H,26,29)(H2,22,23,24)/t14-,15-,17-/m0/s1. The van der Waals surface area contributed by atoms with Crippen molar-refractivity contribution in [3.63, 3.8) is 0 Å². The van der Waals surface area contributed by atoms with Gasteiger partial charge in [0.25, 0.3) is 5.91 Å². The van der Waals surface area contributed by atoms with Gasteiger partial charge in [-0.2, -0.15) is 0 Å². The number of hydrogen-bond donors (Lipinski definition) is 4. The lowest BCUT2D eigenvalue weighted by Gasteiger charge is -2.36. The Bertz CT molecular complexity index is 1020. The van der Waals surface area contributed by atoms with E-state index in [0.29, 0.717) is 47.9 Å². The molecule has 10 nitrogen and oxygen atoms in total. The van der Waals surface area contributed by atoms with Gasteiger partial charge in [0, 0.05) is 12.1 Å².